The van der Waals surface area contributed by atoms with Crippen molar-refractivity contribution in [1.29, 1.82) is 0 Å². The molecule has 0 unspecified atom stereocenters. The monoisotopic (exact) mass is 313 g/mol. The zero-order chi connectivity index (χ0) is 15.5. The van der Waals surface area contributed by atoms with E-state index in [1.165, 1.54) is 24.4 Å². The van der Waals surface area contributed by atoms with E-state index >= 15 is 0 Å². The van der Waals surface area contributed by atoms with Crippen molar-refractivity contribution >= 4 is 21.6 Å². The maximum Gasteiger partial charge on any atom is 0.246 e. The van der Waals surface area contributed by atoms with Crippen LogP contribution < -0.4 is 15.4 Å². The predicted molar refractivity (Wildman–Crippen MR) is 78.9 cm³/mol. The Labute approximate surface area is 124 Å². The molecule has 1 aliphatic heterocycles. The fraction of sp³-hybridized carbons (Fsp3) is 0.462. The van der Waals surface area contributed by atoms with E-state index in [0.717, 1.165) is 0 Å². The van der Waals surface area contributed by atoms with Gasteiger partial charge < -0.3 is 15.4 Å². The van der Waals surface area contributed by atoms with Crippen LogP contribution in [0.15, 0.2) is 23.1 Å². The zero-order valence-corrected chi connectivity index (χ0v) is 12.9. The Morgan fingerprint density at radius 2 is 2.00 bits per heavy atom. The van der Waals surface area contributed by atoms with Crippen LogP contribution in [0.25, 0.3) is 0 Å². The van der Waals surface area contributed by atoms with Crippen LogP contribution in [0.5, 0.6) is 5.75 Å². The highest BCUT2D eigenvalue weighted by atomic mass is 32.2. The average molecular weight is 313 g/mol. The van der Waals surface area contributed by atoms with Crippen molar-refractivity contribution in [1.82, 2.24) is 9.62 Å². The fourth-order valence-corrected chi connectivity index (χ4v) is 3.81. The smallest absolute Gasteiger partial charge is 0.246 e. The normalized spacial score (nSPS) is 16.5. The van der Waals surface area contributed by atoms with Gasteiger partial charge in [-0.05, 0) is 18.2 Å². The van der Waals surface area contributed by atoms with Crippen LogP contribution in [0.1, 0.15) is 6.92 Å². The number of carbonyl (C=O) groups is 1. The summed E-state index contributed by atoms with van der Waals surface area (Å²) in [5.41, 5.74) is 0.428. The van der Waals surface area contributed by atoms with Gasteiger partial charge in [0.2, 0.25) is 15.9 Å². The Kier molecular flexibility index (Phi) is 4.81. The lowest BCUT2D eigenvalue weighted by Gasteiger charge is -2.27. The van der Waals surface area contributed by atoms with Crippen molar-refractivity contribution in [2.45, 2.75) is 11.8 Å². The van der Waals surface area contributed by atoms with Gasteiger partial charge in [-0.2, -0.15) is 4.31 Å². The van der Waals surface area contributed by atoms with Crippen LogP contribution in [0, 0.1) is 0 Å². The van der Waals surface area contributed by atoms with E-state index in [9.17, 15) is 13.2 Å². The highest BCUT2D eigenvalue weighted by Gasteiger charge is 2.29. The van der Waals surface area contributed by atoms with E-state index in [2.05, 4.69) is 10.6 Å². The molecule has 1 fully saturated rings. The van der Waals surface area contributed by atoms with E-state index in [1.807, 2.05) is 0 Å². The summed E-state index contributed by atoms with van der Waals surface area (Å²) in [5.74, 6) is 0.00771. The molecule has 21 heavy (non-hydrogen) atoms. The number of nitrogens with one attached hydrogen (secondary N) is 2. The number of anilines is 1. The van der Waals surface area contributed by atoms with Gasteiger partial charge in [-0.15, -0.1) is 0 Å². The number of amides is 1. The molecule has 0 bridgehead atoms. The third kappa shape index (κ3) is 3.52. The summed E-state index contributed by atoms with van der Waals surface area (Å²) in [6.07, 6.45) is 0. The molecular formula is C13H19N3O4S. The van der Waals surface area contributed by atoms with E-state index in [4.69, 9.17) is 4.74 Å². The van der Waals surface area contributed by atoms with Crippen LogP contribution in [0.2, 0.25) is 0 Å². The van der Waals surface area contributed by atoms with Crippen LogP contribution in [-0.2, 0) is 14.8 Å². The Bertz CT molecular complexity index is 624. The van der Waals surface area contributed by atoms with Crippen molar-refractivity contribution in [3.05, 3.63) is 18.2 Å². The molecule has 1 saturated heterocycles. The largest absolute Gasteiger partial charge is 0.495 e. The third-order valence-corrected chi connectivity index (χ3v) is 5.10. The molecule has 0 radical (unpaired) electrons. The first kappa shape index (κ1) is 15.7. The Morgan fingerprint density at radius 1 is 1.33 bits per heavy atom. The van der Waals surface area contributed by atoms with Crippen molar-refractivity contribution in [2.24, 2.45) is 0 Å². The molecule has 2 N–H and O–H groups in total. The number of methoxy groups -OCH3 is 1. The van der Waals surface area contributed by atoms with E-state index < -0.39 is 10.0 Å². The molecule has 0 aliphatic carbocycles. The molecule has 116 valence electrons. The minimum absolute atomic E-state index is 0.0677. The van der Waals surface area contributed by atoms with Crippen molar-refractivity contribution in [3.63, 3.8) is 0 Å². The van der Waals surface area contributed by atoms with Gasteiger partial charge in [-0.25, -0.2) is 8.42 Å². The summed E-state index contributed by atoms with van der Waals surface area (Å²) < 4.78 is 32.0. The first-order valence-electron chi connectivity index (χ1n) is 6.61. The lowest BCUT2D eigenvalue weighted by molar-refractivity contribution is -0.114. The number of ether oxygens (including phenoxy) is 1. The Hall–Kier alpha value is -1.64. The van der Waals surface area contributed by atoms with Gasteiger partial charge >= 0.3 is 0 Å². The SMILES string of the molecule is COc1ccc(NC(C)=O)cc1S(=O)(=O)N1CCNCC1. The lowest BCUT2D eigenvalue weighted by atomic mass is 10.3. The summed E-state index contributed by atoms with van der Waals surface area (Å²) in [5, 5.41) is 5.69. The molecule has 0 saturated carbocycles. The summed E-state index contributed by atoms with van der Waals surface area (Å²) >= 11 is 0. The van der Waals surface area contributed by atoms with Crippen molar-refractivity contribution in [2.75, 3.05) is 38.6 Å². The van der Waals surface area contributed by atoms with Crippen LogP contribution >= 0.6 is 0 Å². The second kappa shape index (κ2) is 6.42. The molecule has 8 heteroatoms. The molecule has 1 aromatic carbocycles. The first-order chi connectivity index (χ1) is 9.95. The van der Waals surface area contributed by atoms with Gasteiger partial charge in [-0.3, -0.25) is 4.79 Å². The molecule has 2 rings (SSSR count). The summed E-state index contributed by atoms with van der Waals surface area (Å²) in [4.78, 5) is 11.2. The van der Waals surface area contributed by atoms with Gasteiger partial charge in [0, 0.05) is 38.8 Å². The number of nitrogens with zero attached hydrogens (tertiary/aromatic N) is 1. The quantitative estimate of drug-likeness (QED) is 0.832. The van der Waals surface area contributed by atoms with Crippen LogP contribution in [-0.4, -0.2) is 51.9 Å². The first-order valence-corrected chi connectivity index (χ1v) is 8.05. The number of benzene rings is 1. The summed E-state index contributed by atoms with van der Waals surface area (Å²) in [6, 6.07) is 4.58. The number of hydrogen-bond donors (Lipinski definition) is 2. The van der Waals surface area contributed by atoms with Gasteiger partial charge in [0.05, 0.1) is 7.11 Å². The fourth-order valence-electron chi connectivity index (χ4n) is 2.18. The van der Waals surface area contributed by atoms with Gasteiger partial charge in [0.1, 0.15) is 10.6 Å². The molecule has 0 aromatic heterocycles. The van der Waals surface area contributed by atoms with Gasteiger partial charge in [0.25, 0.3) is 0 Å². The highest BCUT2D eigenvalue weighted by molar-refractivity contribution is 7.89. The van der Waals surface area contributed by atoms with Crippen LogP contribution in [0.3, 0.4) is 0 Å². The van der Waals surface area contributed by atoms with Crippen molar-refractivity contribution in [3.8, 4) is 5.75 Å². The van der Waals surface area contributed by atoms with E-state index in [0.29, 0.717) is 31.9 Å². The average Bonchev–Trinajstić information content (AvgIpc) is 2.47. The predicted octanol–water partition coefficient (Wildman–Crippen LogP) is 0.247. The third-order valence-electron chi connectivity index (χ3n) is 3.18. The maximum atomic E-state index is 12.7. The van der Waals surface area contributed by atoms with Crippen molar-refractivity contribution < 1.29 is 17.9 Å². The van der Waals surface area contributed by atoms with Crippen LogP contribution in [0.4, 0.5) is 5.69 Å². The molecular weight excluding hydrogens is 294 g/mol. The summed E-state index contributed by atoms with van der Waals surface area (Å²) in [6.45, 7) is 3.43. The van der Waals surface area contributed by atoms with Gasteiger partial charge in [0.15, 0.2) is 0 Å². The highest BCUT2D eigenvalue weighted by Crippen LogP contribution is 2.29. The number of carbonyl (C=O) groups excluding carboxylic acids is 1. The molecule has 1 aliphatic rings. The zero-order valence-electron chi connectivity index (χ0n) is 12.0. The summed E-state index contributed by atoms with van der Waals surface area (Å²) in [7, 11) is -2.23. The maximum absolute atomic E-state index is 12.7. The Morgan fingerprint density at radius 3 is 2.57 bits per heavy atom. The minimum atomic E-state index is -3.65. The lowest BCUT2D eigenvalue weighted by Crippen LogP contribution is -2.46. The minimum Gasteiger partial charge on any atom is -0.495 e. The second-order valence-corrected chi connectivity index (χ2v) is 6.61. The number of hydrogen-bond acceptors (Lipinski definition) is 5. The van der Waals surface area contributed by atoms with E-state index in [1.54, 1.807) is 12.1 Å². The molecule has 1 heterocycles. The second-order valence-electron chi connectivity index (χ2n) is 4.70. The topological polar surface area (TPSA) is 87.7 Å². The van der Waals surface area contributed by atoms with E-state index in [-0.39, 0.29) is 16.6 Å². The Balaban J connectivity index is 2.41. The number of piperazine rings is 1. The standard InChI is InChI=1S/C13H19N3O4S/c1-10(17)15-11-3-4-12(20-2)13(9-11)21(18,19)16-7-5-14-6-8-16/h3-4,9,14H,5-8H2,1-2H3,(H,15,17). The molecule has 0 atom stereocenters. The molecule has 7 nitrogen and oxygen atoms in total. The molecule has 0 spiro atoms. The number of rotatable bonds is 4. The number of sulfonamides is 1. The molecule has 1 aromatic rings. The molecule has 1 amide bonds. The van der Waals surface area contributed by atoms with Gasteiger partial charge in [-0.1, -0.05) is 0 Å².